The van der Waals surface area contributed by atoms with Crippen LogP contribution in [0.15, 0.2) is 61.1 Å². The third-order valence-electron chi connectivity index (χ3n) is 4.32. The second-order valence-corrected chi connectivity index (χ2v) is 6.55. The summed E-state index contributed by atoms with van der Waals surface area (Å²) in [5.74, 6) is -1.18. The number of fused-ring (bicyclic) bond motifs is 1. The maximum absolute atomic E-state index is 13.4. The lowest BCUT2D eigenvalue weighted by Gasteiger charge is -2.10. The summed E-state index contributed by atoms with van der Waals surface area (Å²) in [7, 11) is 0. The molecule has 8 heteroatoms. The number of carboxylic acid groups (broad SMARTS) is 1. The van der Waals surface area contributed by atoms with Gasteiger partial charge in [-0.3, -0.25) is 0 Å². The van der Waals surface area contributed by atoms with Crippen LogP contribution in [-0.4, -0.2) is 25.7 Å². The molecular weight excluding hydrogens is 383 g/mol. The molecule has 2 aromatic carbocycles. The molecule has 2 aromatic heterocycles. The molecule has 140 valence electrons. The van der Waals surface area contributed by atoms with Crippen LogP contribution in [-0.2, 0) is 6.42 Å². The number of aromatic nitrogens is 3. The van der Waals surface area contributed by atoms with Gasteiger partial charge in [0.05, 0.1) is 10.6 Å². The average molecular weight is 397 g/mol. The number of rotatable bonds is 5. The Kier molecular flexibility index (Phi) is 4.67. The topological polar surface area (TPSA) is 79.5 Å². The van der Waals surface area contributed by atoms with Crippen molar-refractivity contribution in [1.29, 1.82) is 0 Å². The van der Waals surface area contributed by atoms with Gasteiger partial charge in [-0.25, -0.2) is 18.7 Å². The third-order valence-corrected chi connectivity index (χ3v) is 4.60. The monoisotopic (exact) mass is 396 g/mol. The van der Waals surface area contributed by atoms with Gasteiger partial charge in [-0.1, -0.05) is 41.9 Å². The van der Waals surface area contributed by atoms with E-state index < -0.39 is 11.8 Å². The number of hydrogen-bond donors (Lipinski definition) is 2. The van der Waals surface area contributed by atoms with Crippen molar-refractivity contribution >= 4 is 34.6 Å². The number of anilines is 2. The summed E-state index contributed by atoms with van der Waals surface area (Å²) < 4.78 is 14.9. The third kappa shape index (κ3) is 3.39. The zero-order valence-corrected chi connectivity index (χ0v) is 15.2. The van der Waals surface area contributed by atoms with E-state index in [4.69, 9.17) is 11.6 Å². The van der Waals surface area contributed by atoms with Gasteiger partial charge in [0, 0.05) is 23.9 Å². The quantitative estimate of drug-likeness (QED) is 0.517. The molecule has 28 heavy (non-hydrogen) atoms. The minimum Gasteiger partial charge on any atom is -0.478 e. The molecule has 0 spiro atoms. The summed E-state index contributed by atoms with van der Waals surface area (Å²) in [5.41, 5.74) is 2.73. The van der Waals surface area contributed by atoms with Crippen LogP contribution in [0.25, 0.3) is 5.52 Å². The van der Waals surface area contributed by atoms with Gasteiger partial charge in [0.15, 0.2) is 5.82 Å². The Hall–Kier alpha value is -3.45. The standard InChI is InChI=1S/C20H14ClFN4O2/c21-16-9-13(6-7-17(16)22)25-19-18-14(8-12-4-2-1-3-5-12)15(20(27)28)10-26(18)24-11-23-19/h1-7,9-11H,8H2,(H,27,28)(H,23,24,25). The van der Waals surface area contributed by atoms with E-state index in [1.165, 1.54) is 35.2 Å². The number of nitrogens with zero attached hydrogens (tertiary/aromatic N) is 3. The number of hydrogen-bond acceptors (Lipinski definition) is 4. The minimum absolute atomic E-state index is 0.0267. The molecule has 4 rings (SSSR count). The summed E-state index contributed by atoms with van der Waals surface area (Å²) in [6, 6.07) is 13.7. The summed E-state index contributed by atoms with van der Waals surface area (Å²) in [5, 5.41) is 16.8. The minimum atomic E-state index is -1.05. The maximum atomic E-state index is 13.4. The molecule has 0 bridgehead atoms. The van der Waals surface area contributed by atoms with Crippen molar-refractivity contribution in [2.45, 2.75) is 6.42 Å². The highest BCUT2D eigenvalue weighted by atomic mass is 35.5. The Balaban J connectivity index is 1.85. The Labute approximate surface area is 164 Å². The van der Waals surface area contributed by atoms with E-state index >= 15 is 0 Å². The first-order valence-electron chi connectivity index (χ1n) is 8.37. The highest BCUT2D eigenvalue weighted by Gasteiger charge is 2.21. The summed E-state index contributed by atoms with van der Waals surface area (Å²) >= 11 is 5.85. The maximum Gasteiger partial charge on any atom is 0.337 e. The van der Waals surface area contributed by atoms with Crippen LogP contribution in [0, 0.1) is 5.82 Å². The molecule has 6 nitrogen and oxygen atoms in total. The molecule has 0 fully saturated rings. The van der Waals surface area contributed by atoms with Crippen molar-refractivity contribution in [3.05, 3.63) is 88.6 Å². The molecule has 2 heterocycles. The predicted octanol–water partition coefficient (Wildman–Crippen LogP) is 4.55. The highest BCUT2D eigenvalue weighted by Crippen LogP contribution is 2.29. The first-order valence-corrected chi connectivity index (χ1v) is 8.75. The molecule has 0 amide bonds. The number of benzene rings is 2. The number of halogens is 2. The van der Waals surface area contributed by atoms with Crippen molar-refractivity contribution in [2.75, 3.05) is 5.32 Å². The number of aromatic carboxylic acids is 1. The van der Waals surface area contributed by atoms with Crippen LogP contribution in [0.2, 0.25) is 5.02 Å². The summed E-state index contributed by atoms with van der Waals surface area (Å²) in [6.45, 7) is 0. The van der Waals surface area contributed by atoms with Crippen LogP contribution in [0.5, 0.6) is 0 Å². The molecule has 4 aromatic rings. The molecule has 0 aliphatic carbocycles. The van der Waals surface area contributed by atoms with Gasteiger partial charge in [0.25, 0.3) is 0 Å². The molecule has 0 radical (unpaired) electrons. The fourth-order valence-electron chi connectivity index (χ4n) is 3.04. The van der Waals surface area contributed by atoms with Crippen molar-refractivity contribution in [2.24, 2.45) is 0 Å². The van der Waals surface area contributed by atoms with Crippen LogP contribution < -0.4 is 5.32 Å². The molecular formula is C20H14ClFN4O2. The van der Waals surface area contributed by atoms with Gasteiger partial charge in [0.1, 0.15) is 17.7 Å². The van der Waals surface area contributed by atoms with Crippen LogP contribution in [0.4, 0.5) is 15.9 Å². The molecule has 0 aliphatic heterocycles. The van der Waals surface area contributed by atoms with Crippen LogP contribution >= 0.6 is 11.6 Å². The Morgan fingerprint density at radius 2 is 2.00 bits per heavy atom. The SMILES string of the molecule is O=C(O)c1cn2ncnc(Nc3ccc(F)c(Cl)c3)c2c1Cc1ccccc1. The van der Waals surface area contributed by atoms with Crippen molar-refractivity contribution in [3.8, 4) is 0 Å². The second kappa shape index (κ2) is 7.28. The molecule has 0 saturated heterocycles. The van der Waals surface area contributed by atoms with Crippen LogP contribution in [0.3, 0.4) is 0 Å². The Bertz CT molecular complexity index is 1180. The average Bonchev–Trinajstić information content (AvgIpc) is 3.05. The van der Waals surface area contributed by atoms with Crippen molar-refractivity contribution < 1.29 is 14.3 Å². The van der Waals surface area contributed by atoms with Gasteiger partial charge in [0.2, 0.25) is 0 Å². The smallest absolute Gasteiger partial charge is 0.337 e. The van der Waals surface area contributed by atoms with Crippen LogP contribution in [0.1, 0.15) is 21.5 Å². The van der Waals surface area contributed by atoms with Gasteiger partial charge < -0.3 is 10.4 Å². The first kappa shape index (κ1) is 17.9. The zero-order chi connectivity index (χ0) is 19.7. The van der Waals surface area contributed by atoms with E-state index in [0.29, 0.717) is 29.0 Å². The Morgan fingerprint density at radius 3 is 2.71 bits per heavy atom. The van der Waals surface area contributed by atoms with E-state index in [-0.39, 0.29) is 10.6 Å². The van der Waals surface area contributed by atoms with Gasteiger partial charge in [-0.2, -0.15) is 5.10 Å². The van der Waals surface area contributed by atoms with E-state index in [9.17, 15) is 14.3 Å². The molecule has 0 saturated carbocycles. The van der Waals surface area contributed by atoms with E-state index in [2.05, 4.69) is 15.4 Å². The normalized spacial score (nSPS) is 10.9. The number of carbonyl (C=O) groups is 1. The largest absolute Gasteiger partial charge is 0.478 e. The first-order chi connectivity index (χ1) is 13.5. The summed E-state index contributed by atoms with van der Waals surface area (Å²) in [6.07, 6.45) is 3.17. The van der Waals surface area contributed by atoms with Crippen molar-refractivity contribution in [3.63, 3.8) is 0 Å². The van der Waals surface area contributed by atoms with Crippen molar-refractivity contribution in [1.82, 2.24) is 14.6 Å². The molecule has 0 aliphatic rings. The zero-order valence-electron chi connectivity index (χ0n) is 14.4. The van der Waals surface area contributed by atoms with E-state index in [1.54, 1.807) is 0 Å². The van der Waals surface area contributed by atoms with Gasteiger partial charge in [-0.05, 0) is 23.8 Å². The highest BCUT2D eigenvalue weighted by molar-refractivity contribution is 6.31. The fourth-order valence-corrected chi connectivity index (χ4v) is 3.22. The molecule has 2 N–H and O–H groups in total. The second-order valence-electron chi connectivity index (χ2n) is 6.14. The lowest BCUT2D eigenvalue weighted by Crippen LogP contribution is -2.03. The van der Waals surface area contributed by atoms with E-state index in [1.807, 2.05) is 30.3 Å². The lowest BCUT2D eigenvalue weighted by molar-refractivity contribution is 0.0696. The number of nitrogens with one attached hydrogen (secondary N) is 1. The van der Waals surface area contributed by atoms with Gasteiger partial charge in [-0.15, -0.1) is 0 Å². The fraction of sp³-hybridized carbons (Fsp3) is 0.0500. The Morgan fingerprint density at radius 1 is 1.21 bits per heavy atom. The summed E-state index contributed by atoms with van der Waals surface area (Å²) in [4.78, 5) is 16.0. The lowest BCUT2D eigenvalue weighted by atomic mass is 10.0. The molecule has 0 atom stereocenters. The number of carboxylic acids is 1. The molecule has 0 unspecified atom stereocenters. The predicted molar refractivity (Wildman–Crippen MR) is 104 cm³/mol. The van der Waals surface area contributed by atoms with Gasteiger partial charge >= 0.3 is 5.97 Å². The van der Waals surface area contributed by atoms with E-state index in [0.717, 1.165) is 5.56 Å².